The van der Waals surface area contributed by atoms with Gasteiger partial charge in [-0.2, -0.15) is 0 Å². The highest BCUT2D eigenvalue weighted by Crippen LogP contribution is 2.48. The van der Waals surface area contributed by atoms with E-state index in [4.69, 9.17) is 22.7 Å². The molecular formula is C16H22N2O2S. The largest absolute Gasteiger partial charge is 0.389 e. The SMILES string of the molecule is COCCC1(CNC(=O)Cc2ccc(C(N)=S)cc2)CC1. The highest BCUT2D eigenvalue weighted by molar-refractivity contribution is 7.80. The van der Waals surface area contributed by atoms with Crippen LogP contribution in [0.25, 0.3) is 0 Å². The van der Waals surface area contributed by atoms with E-state index in [-0.39, 0.29) is 11.3 Å². The van der Waals surface area contributed by atoms with Crippen molar-refractivity contribution in [3.05, 3.63) is 35.4 Å². The lowest BCUT2D eigenvalue weighted by Gasteiger charge is -2.15. The second-order valence-electron chi connectivity index (χ2n) is 5.76. The summed E-state index contributed by atoms with van der Waals surface area (Å²) in [5.41, 5.74) is 7.62. The topological polar surface area (TPSA) is 64.3 Å². The summed E-state index contributed by atoms with van der Waals surface area (Å²) in [6.45, 7) is 1.51. The Balaban J connectivity index is 1.78. The Morgan fingerprint density at radius 2 is 2.05 bits per heavy atom. The average molecular weight is 306 g/mol. The predicted molar refractivity (Wildman–Crippen MR) is 87.2 cm³/mol. The molecule has 2 rings (SSSR count). The molecule has 1 amide bonds. The van der Waals surface area contributed by atoms with Gasteiger partial charge in [0.15, 0.2) is 0 Å². The minimum absolute atomic E-state index is 0.0572. The molecule has 0 atom stereocenters. The Hall–Kier alpha value is -1.46. The van der Waals surface area contributed by atoms with E-state index in [0.717, 1.165) is 30.7 Å². The first kappa shape index (κ1) is 15.9. The Kier molecular flexibility index (Phi) is 5.31. The summed E-state index contributed by atoms with van der Waals surface area (Å²) in [5.74, 6) is 0.0572. The van der Waals surface area contributed by atoms with E-state index in [9.17, 15) is 4.79 Å². The molecule has 0 aliphatic heterocycles. The number of nitrogens with one attached hydrogen (secondary N) is 1. The van der Waals surface area contributed by atoms with Crippen LogP contribution in [0, 0.1) is 5.41 Å². The van der Waals surface area contributed by atoms with Crippen LogP contribution < -0.4 is 11.1 Å². The highest BCUT2D eigenvalue weighted by atomic mass is 32.1. The normalized spacial score (nSPS) is 15.5. The van der Waals surface area contributed by atoms with E-state index >= 15 is 0 Å². The van der Waals surface area contributed by atoms with E-state index in [1.807, 2.05) is 24.3 Å². The van der Waals surface area contributed by atoms with Crippen molar-refractivity contribution in [2.24, 2.45) is 11.1 Å². The van der Waals surface area contributed by atoms with Crippen LogP contribution in [-0.2, 0) is 16.0 Å². The molecule has 0 aromatic heterocycles. The fraction of sp³-hybridized carbons (Fsp3) is 0.500. The number of thiocarbonyl (C=S) groups is 1. The average Bonchev–Trinajstić information content (AvgIpc) is 3.24. The van der Waals surface area contributed by atoms with E-state index in [2.05, 4.69) is 5.32 Å². The molecule has 1 saturated carbocycles. The summed E-state index contributed by atoms with van der Waals surface area (Å²) in [6, 6.07) is 7.50. The van der Waals surface area contributed by atoms with Crippen LogP contribution in [0.2, 0.25) is 0 Å². The summed E-state index contributed by atoms with van der Waals surface area (Å²) >= 11 is 4.91. The number of methoxy groups -OCH3 is 1. The first-order valence-electron chi connectivity index (χ1n) is 7.19. The Labute approximate surface area is 131 Å². The van der Waals surface area contributed by atoms with Crippen molar-refractivity contribution < 1.29 is 9.53 Å². The third-order valence-corrected chi connectivity index (χ3v) is 4.29. The molecule has 3 N–H and O–H groups in total. The number of ether oxygens (including phenoxy) is 1. The standard InChI is InChI=1S/C16H22N2O2S/c1-20-9-8-16(6-7-16)11-18-14(19)10-12-2-4-13(5-3-12)15(17)21/h2-5H,6-11H2,1H3,(H2,17,21)(H,18,19). The number of rotatable bonds is 8. The van der Waals surface area contributed by atoms with Crippen LogP contribution in [0.4, 0.5) is 0 Å². The van der Waals surface area contributed by atoms with Gasteiger partial charge in [-0.1, -0.05) is 36.5 Å². The lowest BCUT2D eigenvalue weighted by atomic mass is 10.0. The van der Waals surface area contributed by atoms with E-state index < -0.39 is 0 Å². The first-order valence-corrected chi connectivity index (χ1v) is 7.60. The van der Waals surface area contributed by atoms with Gasteiger partial charge in [-0.15, -0.1) is 0 Å². The molecule has 5 heteroatoms. The molecule has 1 aliphatic carbocycles. The van der Waals surface area contributed by atoms with Crippen molar-refractivity contribution >= 4 is 23.1 Å². The van der Waals surface area contributed by atoms with E-state index in [1.165, 1.54) is 12.8 Å². The maximum absolute atomic E-state index is 12.0. The fourth-order valence-electron chi connectivity index (χ4n) is 2.33. The first-order chi connectivity index (χ1) is 10.0. The number of benzene rings is 1. The zero-order chi connectivity index (χ0) is 15.3. The van der Waals surface area contributed by atoms with Gasteiger partial charge in [0.1, 0.15) is 4.99 Å². The zero-order valence-electron chi connectivity index (χ0n) is 12.4. The van der Waals surface area contributed by atoms with Gasteiger partial charge in [-0.3, -0.25) is 4.79 Å². The molecule has 21 heavy (non-hydrogen) atoms. The number of nitrogens with two attached hydrogens (primary N) is 1. The molecule has 1 fully saturated rings. The molecule has 0 unspecified atom stereocenters. The van der Waals surface area contributed by atoms with Crippen LogP contribution in [0.15, 0.2) is 24.3 Å². The Morgan fingerprint density at radius 3 is 2.57 bits per heavy atom. The maximum Gasteiger partial charge on any atom is 0.224 e. The molecule has 0 spiro atoms. The van der Waals surface area contributed by atoms with Crippen LogP contribution in [-0.4, -0.2) is 31.2 Å². The molecule has 0 saturated heterocycles. The van der Waals surface area contributed by atoms with Gasteiger partial charge in [0.2, 0.25) is 5.91 Å². The van der Waals surface area contributed by atoms with Crippen molar-refractivity contribution in [1.82, 2.24) is 5.32 Å². The van der Waals surface area contributed by atoms with Crippen molar-refractivity contribution in [3.63, 3.8) is 0 Å². The minimum atomic E-state index is 0.0572. The third kappa shape index (κ3) is 4.79. The number of amides is 1. The summed E-state index contributed by atoms with van der Waals surface area (Å²) in [4.78, 5) is 12.4. The Bertz CT molecular complexity index is 510. The van der Waals surface area contributed by atoms with Gasteiger partial charge >= 0.3 is 0 Å². The smallest absolute Gasteiger partial charge is 0.224 e. The van der Waals surface area contributed by atoms with E-state index in [0.29, 0.717) is 11.4 Å². The molecule has 0 radical (unpaired) electrons. The second-order valence-corrected chi connectivity index (χ2v) is 6.20. The van der Waals surface area contributed by atoms with Gasteiger partial charge in [0.25, 0.3) is 0 Å². The van der Waals surface area contributed by atoms with Crippen molar-refractivity contribution in [3.8, 4) is 0 Å². The minimum Gasteiger partial charge on any atom is -0.389 e. The van der Waals surface area contributed by atoms with Gasteiger partial charge in [0.05, 0.1) is 6.42 Å². The molecule has 1 aromatic rings. The van der Waals surface area contributed by atoms with Crippen LogP contribution in [0.5, 0.6) is 0 Å². The number of hydrogen-bond acceptors (Lipinski definition) is 3. The van der Waals surface area contributed by atoms with E-state index in [1.54, 1.807) is 7.11 Å². The van der Waals surface area contributed by atoms with Crippen LogP contribution >= 0.6 is 12.2 Å². The second kappa shape index (κ2) is 7.00. The molecule has 4 nitrogen and oxygen atoms in total. The van der Waals surface area contributed by atoms with Crippen LogP contribution in [0.1, 0.15) is 30.4 Å². The molecular weight excluding hydrogens is 284 g/mol. The Morgan fingerprint density at radius 1 is 1.38 bits per heavy atom. The summed E-state index contributed by atoms with van der Waals surface area (Å²) < 4.78 is 5.12. The monoisotopic (exact) mass is 306 g/mol. The maximum atomic E-state index is 12.0. The summed E-state index contributed by atoms with van der Waals surface area (Å²) in [5, 5.41) is 3.04. The van der Waals surface area contributed by atoms with Gasteiger partial charge in [-0.05, 0) is 30.2 Å². The summed E-state index contributed by atoms with van der Waals surface area (Å²) in [7, 11) is 1.71. The van der Waals surface area contributed by atoms with Crippen molar-refractivity contribution in [1.29, 1.82) is 0 Å². The number of hydrogen-bond donors (Lipinski definition) is 2. The predicted octanol–water partition coefficient (Wildman–Crippen LogP) is 1.80. The molecule has 0 heterocycles. The third-order valence-electron chi connectivity index (χ3n) is 4.06. The van der Waals surface area contributed by atoms with Crippen molar-refractivity contribution in [2.45, 2.75) is 25.7 Å². The number of carbonyl (C=O) groups is 1. The van der Waals surface area contributed by atoms with Gasteiger partial charge in [-0.25, -0.2) is 0 Å². The van der Waals surface area contributed by atoms with Gasteiger partial charge in [0, 0.05) is 25.8 Å². The lowest BCUT2D eigenvalue weighted by Crippen LogP contribution is -2.31. The number of carbonyl (C=O) groups excluding carboxylic acids is 1. The van der Waals surface area contributed by atoms with Crippen LogP contribution in [0.3, 0.4) is 0 Å². The molecule has 114 valence electrons. The zero-order valence-corrected chi connectivity index (χ0v) is 13.2. The fourth-order valence-corrected chi connectivity index (χ4v) is 2.47. The summed E-state index contributed by atoms with van der Waals surface area (Å²) in [6.07, 6.45) is 3.77. The lowest BCUT2D eigenvalue weighted by molar-refractivity contribution is -0.120. The van der Waals surface area contributed by atoms with Crippen molar-refractivity contribution in [2.75, 3.05) is 20.3 Å². The molecule has 1 aliphatic rings. The van der Waals surface area contributed by atoms with Gasteiger partial charge < -0.3 is 15.8 Å². The quantitative estimate of drug-likeness (QED) is 0.719. The molecule has 0 bridgehead atoms. The molecule has 1 aromatic carbocycles. The highest BCUT2D eigenvalue weighted by Gasteiger charge is 2.41.